The fourth-order valence-electron chi connectivity index (χ4n) is 3.67. The van der Waals surface area contributed by atoms with E-state index in [-0.39, 0.29) is 13.2 Å². The van der Waals surface area contributed by atoms with Crippen molar-refractivity contribution in [1.82, 2.24) is 9.97 Å². The Morgan fingerprint density at radius 1 is 1.03 bits per heavy atom. The molecule has 0 aliphatic rings. The van der Waals surface area contributed by atoms with Gasteiger partial charge in [0.1, 0.15) is 11.6 Å². The van der Waals surface area contributed by atoms with E-state index in [1.54, 1.807) is 18.5 Å². The number of nitrogens with two attached hydrogens (primary N) is 1. The summed E-state index contributed by atoms with van der Waals surface area (Å²) in [5.74, 6) is 1.16. The van der Waals surface area contributed by atoms with Crippen LogP contribution in [0.3, 0.4) is 0 Å². The summed E-state index contributed by atoms with van der Waals surface area (Å²) < 4.78 is 0. The molecule has 2 heterocycles. The monoisotopic (exact) mass is 446 g/mol. The van der Waals surface area contributed by atoms with Crippen molar-refractivity contribution in [2.75, 3.05) is 17.7 Å². The molecule has 6 heteroatoms. The van der Waals surface area contributed by atoms with Gasteiger partial charge in [0.25, 0.3) is 0 Å². The molecule has 2 N–H and O–H groups in total. The molecule has 0 aliphatic heterocycles. The summed E-state index contributed by atoms with van der Waals surface area (Å²) in [6, 6.07) is 19.7. The van der Waals surface area contributed by atoms with Crippen LogP contribution in [-0.4, -0.2) is 22.8 Å². The minimum atomic E-state index is 0. The number of Topliss-reactive ketones (excluding diaryl/α,β-unsaturated/α-hetero) is 1. The van der Waals surface area contributed by atoms with Crippen LogP contribution in [0, 0.1) is 0 Å². The van der Waals surface area contributed by atoms with Crippen molar-refractivity contribution in [1.29, 1.82) is 0 Å². The number of rotatable bonds is 7. The Balaban J connectivity index is 0.00000289. The van der Waals surface area contributed by atoms with Crippen LogP contribution in [0.15, 0.2) is 73.1 Å². The zero-order chi connectivity index (χ0) is 21.8. The van der Waals surface area contributed by atoms with Gasteiger partial charge in [-0.25, -0.2) is 9.97 Å². The summed E-state index contributed by atoms with van der Waals surface area (Å²) in [6.07, 6.45) is 4.25. The number of benzene rings is 2. The fourth-order valence-corrected chi connectivity index (χ4v) is 3.83. The molecule has 5 nitrogen and oxygen atoms in total. The van der Waals surface area contributed by atoms with E-state index in [1.165, 1.54) is 0 Å². The number of aromatic nitrogens is 2. The van der Waals surface area contributed by atoms with Gasteiger partial charge in [-0.05, 0) is 35.1 Å². The van der Waals surface area contributed by atoms with E-state index in [9.17, 15) is 4.79 Å². The summed E-state index contributed by atoms with van der Waals surface area (Å²) >= 11 is 6.17. The Bertz CT molecular complexity index is 1230. The molecule has 0 atom stereocenters. The molecule has 0 bridgehead atoms. The maximum Gasteiger partial charge on any atom is 0.166 e. The first-order valence-corrected chi connectivity index (χ1v) is 10.5. The third-order valence-corrected chi connectivity index (χ3v) is 5.46. The number of aryl methyl sites for hydroxylation is 1. The minimum absolute atomic E-state index is 0. The van der Waals surface area contributed by atoms with Crippen LogP contribution >= 0.6 is 11.6 Å². The van der Waals surface area contributed by atoms with Gasteiger partial charge in [-0.3, -0.25) is 4.79 Å². The molecule has 2 aromatic heterocycles. The van der Waals surface area contributed by atoms with E-state index in [4.69, 9.17) is 17.3 Å². The lowest BCUT2D eigenvalue weighted by molar-refractivity contribution is 0.0983. The highest BCUT2D eigenvalue weighted by Crippen LogP contribution is 2.25. The first kappa shape index (κ1) is 23.2. The van der Waals surface area contributed by atoms with Crippen molar-refractivity contribution in [3.63, 3.8) is 0 Å². The highest BCUT2D eigenvalue weighted by molar-refractivity contribution is 6.31. The number of hydrogen-bond acceptors (Lipinski definition) is 5. The van der Waals surface area contributed by atoms with Crippen LogP contribution in [0.2, 0.25) is 5.02 Å². The zero-order valence-corrected chi connectivity index (χ0v) is 18.0. The molecule has 0 aliphatic carbocycles. The van der Waals surface area contributed by atoms with E-state index >= 15 is 0 Å². The van der Waals surface area contributed by atoms with Crippen LogP contribution in [0.1, 0.15) is 35.3 Å². The fraction of sp³-hybridized carbons (Fsp3) is 0.192. The quantitative estimate of drug-likeness (QED) is 0.355. The summed E-state index contributed by atoms with van der Waals surface area (Å²) in [5, 5.41) is 2.39. The minimum Gasteiger partial charge on any atom is -0.383 e. The molecule has 0 saturated carbocycles. The van der Waals surface area contributed by atoms with Gasteiger partial charge in [0.05, 0.1) is 10.6 Å². The number of halogens is 1. The van der Waals surface area contributed by atoms with E-state index < -0.39 is 0 Å². The van der Waals surface area contributed by atoms with Gasteiger partial charge in [0.15, 0.2) is 5.78 Å². The molecule has 32 heavy (non-hydrogen) atoms. The Hall–Kier alpha value is -3.44. The molecule has 164 valence electrons. The SMILES string of the molecule is C.CN(Cc1ccccc1)c1ncc(Cl)cc1C(=O)CCc1ccc2c(N)nccc2c1. The van der Waals surface area contributed by atoms with Gasteiger partial charge < -0.3 is 10.6 Å². The average Bonchev–Trinajstić information content (AvgIpc) is 2.78. The molecule has 4 rings (SSSR count). The molecule has 0 unspecified atom stereocenters. The number of ketones is 1. The van der Waals surface area contributed by atoms with Crippen LogP contribution < -0.4 is 10.6 Å². The van der Waals surface area contributed by atoms with Crippen molar-refractivity contribution >= 4 is 39.8 Å². The highest BCUT2D eigenvalue weighted by Gasteiger charge is 2.17. The lowest BCUT2D eigenvalue weighted by atomic mass is 10.0. The molecule has 2 aromatic carbocycles. The summed E-state index contributed by atoms with van der Waals surface area (Å²) in [7, 11) is 1.93. The average molecular weight is 447 g/mol. The zero-order valence-electron chi connectivity index (χ0n) is 17.3. The van der Waals surface area contributed by atoms with Crippen molar-refractivity contribution in [3.05, 3.63) is 94.8 Å². The number of carbonyl (C=O) groups excluding carboxylic acids is 1. The van der Waals surface area contributed by atoms with Gasteiger partial charge in [-0.1, -0.05) is 67.6 Å². The standard InChI is InChI=1S/C25H23ClN4O.CH4/c1-30(16-18-5-3-2-4-6-18)25-22(14-20(26)15-29-25)23(31)10-8-17-7-9-21-19(13-17)11-12-28-24(21)27;/h2-7,9,11-15H,8,10,16H2,1H3,(H2,27,28);1H4. The van der Waals surface area contributed by atoms with E-state index in [0.717, 1.165) is 21.9 Å². The second kappa shape index (κ2) is 10.2. The Morgan fingerprint density at radius 3 is 2.59 bits per heavy atom. The molecular formula is C26H27ClN4O. The van der Waals surface area contributed by atoms with Gasteiger partial charge >= 0.3 is 0 Å². The Morgan fingerprint density at radius 2 is 1.81 bits per heavy atom. The lowest BCUT2D eigenvalue weighted by Crippen LogP contribution is -2.21. The van der Waals surface area contributed by atoms with Gasteiger partial charge in [0, 0.05) is 37.8 Å². The van der Waals surface area contributed by atoms with E-state index in [0.29, 0.717) is 41.6 Å². The molecule has 0 saturated heterocycles. The molecule has 0 fully saturated rings. The molecule has 0 radical (unpaired) electrons. The Kier molecular flexibility index (Phi) is 7.44. The van der Waals surface area contributed by atoms with Crippen LogP contribution in [0.5, 0.6) is 0 Å². The highest BCUT2D eigenvalue weighted by atomic mass is 35.5. The van der Waals surface area contributed by atoms with Crippen LogP contribution in [-0.2, 0) is 13.0 Å². The molecule has 4 aromatic rings. The third kappa shape index (κ3) is 5.24. The maximum atomic E-state index is 13.1. The predicted molar refractivity (Wildman–Crippen MR) is 133 cm³/mol. The second-order valence-electron chi connectivity index (χ2n) is 7.54. The first-order valence-electron chi connectivity index (χ1n) is 10.1. The number of nitrogen functional groups attached to an aromatic ring is 1. The predicted octanol–water partition coefficient (Wildman–Crippen LogP) is 5.95. The number of anilines is 2. The van der Waals surface area contributed by atoms with E-state index in [1.807, 2.05) is 48.3 Å². The number of pyridine rings is 2. The molecule has 0 spiro atoms. The summed E-state index contributed by atoms with van der Waals surface area (Å²) in [6.45, 7) is 0.649. The van der Waals surface area contributed by atoms with Gasteiger partial charge in [-0.15, -0.1) is 0 Å². The number of fused-ring (bicyclic) bond motifs is 1. The molecule has 0 amide bonds. The van der Waals surface area contributed by atoms with Crippen molar-refractivity contribution in [2.24, 2.45) is 0 Å². The van der Waals surface area contributed by atoms with Gasteiger partial charge in [-0.2, -0.15) is 0 Å². The number of hydrogen-bond donors (Lipinski definition) is 1. The van der Waals surface area contributed by atoms with Crippen molar-refractivity contribution in [2.45, 2.75) is 26.8 Å². The number of nitrogens with zero attached hydrogens (tertiary/aromatic N) is 3. The number of carbonyl (C=O) groups is 1. The van der Waals surface area contributed by atoms with Crippen LogP contribution in [0.25, 0.3) is 10.8 Å². The maximum absolute atomic E-state index is 13.1. The smallest absolute Gasteiger partial charge is 0.166 e. The van der Waals surface area contributed by atoms with E-state index in [2.05, 4.69) is 28.2 Å². The second-order valence-corrected chi connectivity index (χ2v) is 7.98. The first-order chi connectivity index (χ1) is 15.0. The Labute approximate surface area is 193 Å². The third-order valence-electron chi connectivity index (χ3n) is 5.26. The summed E-state index contributed by atoms with van der Waals surface area (Å²) in [4.78, 5) is 23.7. The van der Waals surface area contributed by atoms with Crippen molar-refractivity contribution in [3.8, 4) is 0 Å². The normalized spacial score (nSPS) is 10.6. The lowest BCUT2D eigenvalue weighted by Gasteiger charge is -2.21. The topological polar surface area (TPSA) is 72.1 Å². The largest absolute Gasteiger partial charge is 0.383 e. The van der Waals surface area contributed by atoms with Crippen molar-refractivity contribution < 1.29 is 4.79 Å². The van der Waals surface area contributed by atoms with Crippen LogP contribution in [0.4, 0.5) is 11.6 Å². The van der Waals surface area contributed by atoms with Gasteiger partial charge in [0.2, 0.25) is 0 Å². The summed E-state index contributed by atoms with van der Waals surface area (Å²) in [5.41, 5.74) is 8.68. The molecular weight excluding hydrogens is 420 g/mol.